The van der Waals surface area contributed by atoms with Gasteiger partial charge in [-0.25, -0.2) is 8.42 Å². The van der Waals surface area contributed by atoms with Gasteiger partial charge in [-0.2, -0.15) is 0 Å². The van der Waals surface area contributed by atoms with Crippen molar-refractivity contribution in [3.8, 4) is 11.5 Å². The van der Waals surface area contributed by atoms with Crippen LogP contribution in [0, 0.1) is 0 Å². The molecule has 2 atom stereocenters. The number of hydrogen-bond donors (Lipinski definition) is 1. The van der Waals surface area contributed by atoms with E-state index in [1.807, 2.05) is 38.1 Å². The molecule has 1 amide bonds. The summed E-state index contributed by atoms with van der Waals surface area (Å²) in [6.45, 7) is 5.48. The molecule has 7 nitrogen and oxygen atoms in total. The minimum atomic E-state index is -3.55. The molecule has 1 N–H and O–H groups in total. The maximum Gasteiger partial charge on any atom is 0.263 e. The molecule has 0 spiro atoms. The van der Waals surface area contributed by atoms with E-state index in [2.05, 4.69) is 5.32 Å². The van der Waals surface area contributed by atoms with E-state index in [1.165, 1.54) is 4.31 Å². The molecule has 4 rings (SSSR count). The van der Waals surface area contributed by atoms with Gasteiger partial charge in [0.15, 0.2) is 6.10 Å². The van der Waals surface area contributed by atoms with Crippen molar-refractivity contribution in [2.75, 3.05) is 16.6 Å². The molecule has 0 radical (unpaired) electrons. The molecule has 2 aliphatic rings. The molecule has 30 heavy (non-hydrogen) atoms. The van der Waals surface area contributed by atoms with Crippen LogP contribution >= 0.6 is 0 Å². The SMILES string of the molecule is CCS(=O)(=O)N1CC(C(=O)NC2CC(C)(C)Oc3ccccc32)Oc2ccccc21. The molecule has 0 saturated carbocycles. The van der Waals surface area contributed by atoms with E-state index < -0.39 is 21.7 Å². The predicted octanol–water partition coefficient (Wildman–Crippen LogP) is 3.02. The highest BCUT2D eigenvalue weighted by molar-refractivity contribution is 7.92. The van der Waals surface area contributed by atoms with Crippen LogP contribution in [0.25, 0.3) is 0 Å². The number of carbonyl (C=O) groups is 1. The van der Waals surface area contributed by atoms with E-state index in [1.54, 1.807) is 31.2 Å². The summed E-state index contributed by atoms with van der Waals surface area (Å²) in [5.41, 5.74) is 0.921. The van der Waals surface area contributed by atoms with Crippen molar-refractivity contribution in [1.82, 2.24) is 5.32 Å². The molecule has 0 fully saturated rings. The van der Waals surface area contributed by atoms with Crippen molar-refractivity contribution in [1.29, 1.82) is 0 Å². The zero-order chi connectivity index (χ0) is 21.5. The number of ether oxygens (including phenoxy) is 2. The van der Waals surface area contributed by atoms with Crippen LogP contribution < -0.4 is 19.1 Å². The van der Waals surface area contributed by atoms with E-state index in [4.69, 9.17) is 9.47 Å². The summed E-state index contributed by atoms with van der Waals surface area (Å²) < 4.78 is 38.5. The van der Waals surface area contributed by atoms with Crippen LogP contribution in [-0.2, 0) is 14.8 Å². The summed E-state index contributed by atoms with van der Waals surface area (Å²) in [4.78, 5) is 13.2. The molecule has 2 aromatic rings. The number of rotatable bonds is 4. The monoisotopic (exact) mass is 430 g/mol. The lowest BCUT2D eigenvalue weighted by Gasteiger charge is -2.39. The lowest BCUT2D eigenvalue weighted by molar-refractivity contribution is -0.129. The van der Waals surface area contributed by atoms with Crippen LogP contribution in [0.5, 0.6) is 11.5 Å². The molecule has 160 valence electrons. The Kier molecular flexibility index (Phi) is 5.13. The topological polar surface area (TPSA) is 84.9 Å². The van der Waals surface area contributed by atoms with E-state index in [0.29, 0.717) is 17.9 Å². The molecule has 2 heterocycles. The third-order valence-corrected chi connectivity index (χ3v) is 7.17. The summed E-state index contributed by atoms with van der Waals surface area (Å²) in [5.74, 6) is 0.716. The second kappa shape index (κ2) is 7.50. The van der Waals surface area contributed by atoms with Crippen LogP contribution in [0.1, 0.15) is 38.8 Å². The predicted molar refractivity (Wildman–Crippen MR) is 114 cm³/mol. The first-order valence-electron chi connectivity index (χ1n) is 10.0. The Morgan fingerprint density at radius 1 is 1.13 bits per heavy atom. The Morgan fingerprint density at radius 3 is 2.53 bits per heavy atom. The van der Waals surface area contributed by atoms with E-state index in [9.17, 15) is 13.2 Å². The van der Waals surface area contributed by atoms with Gasteiger partial charge in [-0.15, -0.1) is 0 Å². The number of para-hydroxylation sites is 3. The zero-order valence-electron chi connectivity index (χ0n) is 17.3. The summed E-state index contributed by atoms with van der Waals surface area (Å²) in [6.07, 6.45) is -0.352. The summed E-state index contributed by atoms with van der Waals surface area (Å²) in [6, 6.07) is 14.2. The van der Waals surface area contributed by atoms with Crippen LogP contribution in [0.4, 0.5) is 5.69 Å². The van der Waals surface area contributed by atoms with Crippen LogP contribution in [-0.4, -0.2) is 38.3 Å². The number of hydrogen-bond acceptors (Lipinski definition) is 5. The van der Waals surface area contributed by atoms with Crippen molar-refractivity contribution in [2.45, 2.75) is 44.9 Å². The Bertz CT molecular complexity index is 1070. The van der Waals surface area contributed by atoms with Gasteiger partial charge in [-0.1, -0.05) is 30.3 Å². The standard InChI is InChI=1S/C22H26N2O5S/c1-4-30(26,27)24-14-20(28-19-12-8-6-10-17(19)24)21(25)23-16-13-22(2,3)29-18-11-7-5-9-15(16)18/h5-12,16,20H,4,13-14H2,1-3H3,(H,23,25). The zero-order valence-corrected chi connectivity index (χ0v) is 18.1. The van der Waals surface area contributed by atoms with Gasteiger partial charge in [0.1, 0.15) is 17.1 Å². The second-order valence-corrected chi connectivity index (χ2v) is 10.4. The highest BCUT2D eigenvalue weighted by Crippen LogP contribution is 2.40. The fourth-order valence-corrected chi connectivity index (χ4v) is 5.08. The third kappa shape index (κ3) is 3.84. The number of sulfonamides is 1. The average Bonchev–Trinajstić information content (AvgIpc) is 2.72. The molecule has 2 unspecified atom stereocenters. The lowest BCUT2D eigenvalue weighted by atomic mass is 9.89. The normalized spacial score (nSPS) is 22.2. The van der Waals surface area contributed by atoms with E-state index in [-0.39, 0.29) is 24.2 Å². The molecule has 0 aromatic heterocycles. The number of nitrogens with zero attached hydrogens (tertiary/aromatic N) is 1. The number of nitrogens with one attached hydrogen (secondary N) is 1. The van der Waals surface area contributed by atoms with E-state index >= 15 is 0 Å². The smallest absolute Gasteiger partial charge is 0.263 e. The molecule has 8 heteroatoms. The maximum atomic E-state index is 13.2. The highest BCUT2D eigenvalue weighted by Gasteiger charge is 2.39. The third-order valence-electron chi connectivity index (χ3n) is 5.42. The molecule has 0 bridgehead atoms. The molecular formula is C22H26N2O5S. The Morgan fingerprint density at radius 2 is 1.80 bits per heavy atom. The molecule has 2 aliphatic heterocycles. The largest absolute Gasteiger partial charge is 0.487 e. The van der Waals surface area contributed by atoms with Crippen molar-refractivity contribution < 1.29 is 22.7 Å². The van der Waals surface area contributed by atoms with Gasteiger partial charge in [-0.3, -0.25) is 9.10 Å². The highest BCUT2D eigenvalue weighted by atomic mass is 32.2. The molecule has 2 aromatic carbocycles. The van der Waals surface area contributed by atoms with Gasteiger partial charge in [0.2, 0.25) is 10.0 Å². The van der Waals surface area contributed by atoms with Crippen LogP contribution in [0.15, 0.2) is 48.5 Å². The second-order valence-electron chi connectivity index (χ2n) is 8.17. The number of fused-ring (bicyclic) bond motifs is 2. The fourth-order valence-electron chi connectivity index (χ4n) is 3.95. The molecule has 0 saturated heterocycles. The van der Waals surface area contributed by atoms with Gasteiger partial charge < -0.3 is 14.8 Å². The van der Waals surface area contributed by atoms with Gasteiger partial charge in [0, 0.05) is 12.0 Å². The van der Waals surface area contributed by atoms with Crippen LogP contribution in [0.2, 0.25) is 0 Å². The van der Waals surface area contributed by atoms with Gasteiger partial charge in [0.05, 0.1) is 24.0 Å². The maximum absolute atomic E-state index is 13.2. The summed E-state index contributed by atoms with van der Waals surface area (Å²) in [7, 11) is -3.55. The molecule has 0 aliphatic carbocycles. The van der Waals surface area contributed by atoms with Crippen molar-refractivity contribution in [2.24, 2.45) is 0 Å². The Balaban J connectivity index is 1.60. The van der Waals surface area contributed by atoms with E-state index in [0.717, 1.165) is 11.3 Å². The average molecular weight is 431 g/mol. The van der Waals surface area contributed by atoms with Crippen molar-refractivity contribution in [3.63, 3.8) is 0 Å². The van der Waals surface area contributed by atoms with Gasteiger partial charge in [-0.05, 0) is 39.0 Å². The van der Waals surface area contributed by atoms with Crippen molar-refractivity contribution in [3.05, 3.63) is 54.1 Å². The number of benzene rings is 2. The lowest BCUT2D eigenvalue weighted by Crippen LogP contribution is -2.52. The minimum absolute atomic E-state index is 0.0583. The first-order chi connectivity index (χ1) is 14.2. The van der Waals surface area contributed by atoms with Crippen LogP contribution in [0.3, 0.4) is 0 Å². The minimum Gasteiger partial charge on any atom is -0.487 e. The first-order valence-corrected chi connectivity index (χ1v) is 11.7. The number of anilines is 1. The summed E-state index contributed by atoms with van der Waals surface area (Å²) in [5, 5.41) is 3.06. The Labute approximate surface area is 177 Å². The molecular weight excluding hydrogens is 404 g/mol. The van der Waals surface area contributed by atoms with Gasteiger partial charge >= 0.3 is 0 Å². The fraction of sp³-hybridized carbons (Fsp3) is 0.409. The first kappa shape index (κ1) is 20.5. The Hall–Kier alpha value is -2.74. The number of carbonyl (C=O) groups excluding carboxylic acids is 1. The summed E-state index contributed by atoms with van der Waals surface area (Å²) >= 11 is 0. The van der Waals surface area contributed by atoms with Gasteiger partial charge in [0.25, 0.3) is 5.91 Å². The quantitative estimate of drug-likeness (QED) is 0.806. The van der Waals surface area contributed by atoms with Crippen molar-refractivity contribution >= 4 is 21.6 Å². The number of amides is 1.